The Hall–Kier alpha value is -3.29. The van der Waals surface area contributed by atoms with E-state index in [2.05, 4.69) is 20.8 Å². The number of anilines is 1. The van der Waals surface area contributed by atoms with Gasteiger partial charge in [0.2, 0.25) is 0 Å². The second-order valence-corrected chi connectivity index (χ2v) is 5.54. The Labute approximate surface area is 143 Å². The van der Waals surface area contributed by atoms with Gasteiger partial charge in [0.25, 0.3) is 5.91 Å². The third-order valence-electron chi connectivity index (χ3n) is 3.31. The van der Waals surface area contributed by atoms with E-state index in [-0.39, 0.29) is 11.8 Å². The minimum atomic E-state index is -0.563. The average molecular weight is 341 g/mol. The number of nitrogens with one attached hydrogen (secondary N) is 1. The van der Waals surface area contributed by atoms with E-state index in [1.807, 2.05) is 13.8 Å². The Morgan fingerprint density at radius 2 is 2.04 bits per heavy atom. The first kappa shape index (κ1) is 16.6. The van der Waals surface area contributed by atoms with Crippen LogP contribution in [0, 0.1) is 5.82 Å². The highest BCUT2D eigenvalue weighted by Gasteiger charge is 2.15. The molecule has 7 nitrogen and oxygen atoms in total. The van der Waals surface area contributed by atoms with Gasteiger partial charge in [0, 0.05) is 0 Å². The van der Waals surface area contributed by atoms with Gasteiger partial charge in [0.1, 0.15) is 17.9 Å². The highest BCUT2D eigenvalue weighted by atomic mass is 19.1. The lowest BCUT2D eigenvalue weighted by atomic mass is 10.1. The highest BCUT2D eigenvalue weighted by Crippen LogP contribution is 2.23. The first-order valence-corrected chi connectivity index (χ1v) is 7.64. The Bertz CT molecular complexity index is 881. The molecule has 0 aliphatic rings. The quantitative estimate of drug-likeness (QED) is 0.772. The molecule has 0 spiro atoms. The third kappa shape index (κ3) is 3.79. The number of rotatable bonds is 5. The van der Waals surface area contributed by atoms with Gasteiger partial charge in [-0.1, -0.05) is 12.1 Å². The number of carbonyl (C=O) groups is 1. The molecule has 0 saturated heterocycles. The molecule has 0 radical (unpaired) electrons. The molecule has 0 aliphatic carbocycles. The predicted molar refractivity (Wildman–Crippen MR) is 89.3 cm³/mol. The SMILES string of the molecule is CC(C)Oc1ccccc1C(=O)Nc1cc(-n2cnnn2)ccc1F. The number of amides is 1. The first-order chi connectivity index (χ1) is 12.0. The summed E-state index contributed by atoms with van der Waals surface area (Å²) in [5.74, 6) is -0.594. The van der Waals surface area contributed by atoms with E-state index in [4.69, 9.17) is 4.74 Å². The molecule has 1 heterocycles. The van der Waals surface area contributed by atoms with Crippen molar-refractivity contribution in [3.63, 3.8) is 0 Å². The summed E-state index contributed by atoms with van der Waals surface area (Å²) in [7, 11) is 0. The minimum absolute atomic E-state index is 0.0253. The van der Waals surface area contributed by atoms with Crippen LogP contribution in [0.3, 0.4) is 0 Å². The van der Waals surface area contributed by atoms with Crippen molar-refractivity contribution in [2.24, 2.45) is 0 Å². The molecule has 3 rings (SSSR count). The standard InChI is InChI=1S/C17H16FN5O2/c1-11(2)25-16-6-4-3-5-13(16)17(24)20-15-9-12(7-8-14(15)18)23-10-19-21-22-23/h3-11H,1-2H3,(H,20,24). The van der Waals surface area contributed by atoms with Gasteiger partial charge in [0.05, 0.1) is 23.0 Å². The molecule has 0 bridgehead atoms. The smallest absolute Gasteiger partial charge is 0.259 e. The fourth-order valence-electron chi connectivity index (χ4n) is 2.23. The van der Waals surface area contributed by atoms with Crippen molar-refractivity contribution in [3.8, 4) is 11.4 Å². The summed E-state index contributed by atoms with van der Waals surface area (Å²) in [5, 5.41) is 13.4. The van der Waals surface area contributed by atoms with Gasteiger partial charge >= 0.3 is 0 Å². The molecule has 0 atom stereocenters. The van der Waals surface area contributed by atoms with Crippen molar-refractivity contribution in [2.75, 3.05) is 5.32 Å². The Balaban J connectivity index is 1.88. The molecule has 2 aromatic carbocycles. The topological polar surface area (TPSA) is 81.9 Å². The second-order valence-electron chi connectivity index (χ2n) is 5.54. The molecule has 0 saturated carbocycles. The van der Waals surface area contributed by atoms with E-state index >= 15 is 0 Å². The summed E-state index contributed by atoms with van der Waals surface area (Å²) >= 11 is 0. The van der Waals surface area contributed by atoms with Crippen LogP contribution in [-0.4, -0.2) is 32.2 Å². The van der Waals surface area contributed by atoms with Gasteiger partial charge in [-0.3, -0.25) is 4.79 Å². The number of nitrogens with zero attached hydrogens (tertiary/aromatic N) is 4. The van der Waals surface area contributed by atoms with Crippen LogP contribution in [0.5, 0.6) is 5.75 Å². The van der Waals surface area contributed by atoms with E-state index in [1.54, 1.807) is 24.3 Å². The number of hydrogen-bond acceptors (Lipinski definition) is 5. The molecule has 0 unspecified atom stereocenters. The molecular weight excluding hydrogens is 325 g/mol. The van der Waals surface area contributed by atoms with Gasteiger partial charge in [-0.2, -0.15) is 0 Å². The van der Waals surface area contributed by atoms with Crippen molar-refractivity contribution < 1.29 is 13.9 Å². The lowest BCUT2D eigenvalue weighted by Gasteiger charge is -2.14. The summed E-state index contributed by atoms with van der Waals surface area (Å²) < 4.78 is 21.1. The van der Waals surface area contributed by atoms with E-state index in [0.29, 0.717) is 17.0 Å². The maximum atomic E-state index is 14.1. The Morgan fingerprint density at radius 1 is 1.24 bits per heavy atom. The zero-order chi connectivity index (χ0) is 17.8. The van der Waals surface area contributed by atoms with Crippen LogP contribution in [-0.2, 0) is 0 Å². The lowest BCUT2D eigenvalue weighted by molar-refractivity contribution is 0.102. The normalized spacial score (nSPS) is 10.7. The zero-order valence-corrected chi connectivity index (χ0v) is 13.7. The van der Waals surface area contributed by atoms with Crippen LogP contribution in [0.4, 0.5) is 10.1 Å². The average Bonchev–Trinajstić information content (AvgIpc) is 3.11. The molecule has 8 heteroatoms. The van der Waals surface area contributed by atoms with Crippen molar-refractivity contribution in [2.45, 2.75) is 20.0 Å². The molecule has 1 aromatic heterocycles. The third-order valence-corrected chi connectivity index (χ3v) is 3.31. The Kier molecular flexibility index (Phi) is 4.69. The summed E-state index contributed by atoms with van der Waals surface area (Å²) in [6.07, 6.45) is 1.29. The van der Waals surface area contributed by atoms with Crippen LogP contribution in [0.15, 0.2) is 48.8 Å². The number of benzene rings is 2. The molecule has 128 valence electrons. The number of carbonyl (C=O) groups excluding carboxylic acids is 1. The molecule has 25 heavy (non-hydrogen) atoms. The van der Waals surface area contributed by atoms with Crippen molar-refractivity contribution in [3.05, 3.63) is 60.2 Å². The van der Waals surface area contributed by atoms with E-state index in [9.17, 15) is 9.18 Å². The number of aromatic nitrogens is 4. The van der Waals surface area contributed by atoms with Crippen LogP contribution in [0.25, 0.3) is 5.69 Å². The van der Waals surface area contributed by atoms with E-state index < -0.39 is 11.7 Å². The fourth-order valence-corrected chi connectivity index (χ4v) is 2.23. The predicted octanol–water partition coefficient (Wildman–Crippen LogP) is 2.84. The Morgan fingerprint density at radius 3 is 2.76 bits per heavy atom. The van der Waals surface area contributed by atoms with E-state index in [0.717, 1.165) is 0 Å². The molecule has 1 amide bonds. The molecular formula is C17H16FN5O2. The first-order valence-electron chi connectivity index (χ1n) is 7.64. The summed E-state index contributed by atoms with van der Waals surface area (Å²) in [6, 6.07) is 11.0. The highest BCUT2D eigenvalue weighted by molar-refractivity contribution is 6.06. The molecule has 0 fully saturated rings. The van der Waals surface area contributed by atoms with E-state index in [1.165, 1.54) is 29.2 Å². The van der Waals surface area contributed by atoms with Gasteiger partial charge in [-0.25, -0.2) is 9.07 Å². The van der Waals surface area contributed by atoms with Gasteiger partial charge in [0.15, 0.2) is 0 Å². The summed E-state index contributed by atoms with van der Waals surface area (Å²) in [4.78, 5) is 12.6. The second kappa shape index (κ2) is 7.08. The number of para-hydroxylation sites is 1. The van der Waals surface area contributed by atoms with Crippen LogP contribution < -0.4 is 10.1 Å². The largest absolute Gasteiger partial charge is 0.490 e. The van der Waals surface area contributed by atoms with Crippen LogP contribution >= 0.6 is 0 Å². The maximum Gasteiger partial charge on any atom is 0.259 e. The number of tetrazole rings is 1. The molecule has 1 N–H and O–H groups in total. The maximum absolute atomic E-state index is 14.1. The monoisotopic (exact) mass is 341 g/mol. The summed E-state index contributed by atoms with van der Waals surface area (Å²) in [5.41, 5.74) is 0.870. The van der Waals surface area contributed by atoms with Gasteiger partial charge in [-0.15, -0.1) is 5.10 Å². The summed E-state index contributed by atoms with van der Waals surface area (Å²) in [6.45, 7) is 3.73. The number of halogens is 1. The zero-order valence-electron chi connectivity index (χ0n) is 13.7. The van der Waals surface area contributed by atoms with Gasteiger partial charge < -0.3 is 10.1 Å². The van der Waals surface area contributed by atoms with Crippen molar-refractivity contribution >= 4 is 11.6 Å². The van der Waals surface area contributed by atoms with Gasteiger partial charge in [-0.05, 0) is 54.6 Å². The number of hydrogen-bond donors (Lipinski definition) is 1. The molecule has 0 aliphatic heterocycles. The van der Waals surface area contributed by atoms with Crippen molar-refractivity contribution in [1.82, 2.24) is 20.2 Å². The van der Waals surface area contributed by atoms with Crippen molar-refractivity contribution in [1.29, 1.82) is 0 Å². The number of ether oxygens (including phenoxy) is 1. The minimum Gasteiger partial charge on any atom is -0.490 e. The molecule has 3 aromatic rings. The fraction of sp³-hybridized carbons (Fsp3) is 0.176. The lowest BCUT2D eigenvalue weighted by Crippen LogP contribution is -2.16. The van der Waals surface area contributed by atoms with Crippen LogP contribution in [0.1, 0.15) is 24.2 Å². The van der Waals surface area contributed by atoms with Crippen LogP contribution in [0.2, 0.25) is 0 Å².